The van der Waals surface area contributed by atoms with E-state index in [1.807, 2.05) is 63.5 Å². The van der Waals surface area contributed by atoms with Gasteiger partial charge in [-0.05, 0) is 75.6 Å². The summed E-state index contributed by atoms with van der Waals surface area (Å²) in [6.07, 6.45) is 0.906. The lowest BCUT2D eigenvalue weighted by Gasteiger charge is -2.14. The standard InChI is InChI=1S/C25H29N7O2S/c1-15-12-21(31-30-15)20-13-18(34-11-5-10-32(3)4)14-22-23(20)24(26)29-25(28-22)35-19-8-6-17(7-9-19)27-16(2)33/h6-9,12-14H,5,10-11H2,1-4H3,(H,27,33)(H,30,31)(H2,26,28,29). The smallest absolute Gasteiger partial charge is 0.221 e. The first-order valence-electron chi connectivity index (χ1n) is 11.2. The molecule has 182 valence electrons. The third-order valence-corrected chi connectivity index (χ3v) is 6.04. The Morgan fingerprint density at radius 1 is 1.17 bits per heavy atom. The fourth-order valence-electron chi connectivity index (χ4n) is 3.62. The molecule has 1 amide bonds. The van der Waals surface area contributed by atoms with Crippen molar-refractivity contribution in [1.82, 2.24) is 25.1 Å². The molecule has 10 heteroatoms. The van der Waals surface area contributed by atoms with Crippen molar-refractivity contribution >= 4 is 40.1 Å². The second-order valence-electron chi connectivity index (χ2n) is 8.51. The fourth-order valence-corrected chi connectivity index (χ4v) is 4.39. The van der Waals surface area contributed by atoms with Crippen LogP contribution >= 0.6 is 11.8 Å². The quantitative estimate of drug-likeness (QED) is 0.233. The minimum absolute atomic E-state index is 0.112. The number of nitrogens with zero attached hydrogens (tertiary/aromatic N) is 4. The summed E-state index contributed by atoms with van der Waals surface area (Å²) < 4.78 is 6.07. The number of aryl methyl sites for hydroxylation is 1. The Morgan fingerprint density at radius 3 is 2.60 bits per heavy atom. The number of H-pyrrole nitrogens is 1. The number of nitrogen functional groups attached to an aromatic ring is 1. The average Bonchev–Trinajstić information content (AvgIpc) is 3.23. The van der Waals surface area contributed by atoms with Crippen LogP contribution in [-0.2, 0) is 4.79 Å². The maximum Gasteiger partial charge on any atom is 0.221 e. The number of rotatable bonds is 9. The maximum absolute atomic E-state index is 11.3. The zero-order chi connectivity index (χ0) is 24.9. The van der Waals surface area contributed by atoms with E-state index in [1.165, 1.54) is 18.7 Å². The summed E-state index contributed by atoms with van der Waals surface area (Å²) in [6.45, 7) is 4.96. The van der Waals surface area contributed by atoms with Gasteiger partial charge in [-0.1, -0.05) is 0 Å². The van der Waals surface area contributed by atoms with Crippen molar-refractivity contribution in [2.45, 2.75) is 30.3 Å². The monoisotopic (exact) mass is 491 g/mol. The molecule has 0 fully saturated rings. The molecule has 4 N–H and O–H groups in total. The normalized spacial score (nSPS) is 11.2. The highest BCUT2D eigenvalue weighted by Crippen LogP contribution is 2.36. The van der Waals surface area contributed by atoms with Gasteiger partial charge in [-0.15, -0.1) is 0 Å². The number of nitrogens with two attached hydrogens (primary N) is 1. The number of fused-ring (bicyclic) bond motifs is 1. The zero-order valence-corrected chi connectivity index (χ0v) is 21.1. The van der Waals surface area contributed by atoms with Crippen molar-refractivity contribution in [3.63, 3.8) is 0 Å². The topological polar surface area (TPSA) is 122 Å². The van der Waals surface area contributed by atoms with E-state index >= 15 is 0 Å². The van der Waals surface area contributed by atoms with Gasteiger partial charge < -0.3 is 20.7 Å². The number of aromatic nitrogens is 4. The summed E-state index contributed by atoms with van der Waals surface area (Å²) in [6, 6.07) is 13.3. The molecule has 0 unspecified atom stereocenters. The van der Waals surface area contributed by atoms with Crippen LogP contribution in [0, 0.1) is 6.92 Å². The summed E-state index contributed by atoms with van der Waals surface area (Å²) in [7, 11) is 4.08. The summed E-state index contributed by atoms with van der Waals surface area (Å²) in [4.78, 5) is 23.7. The van der Waals surface area contributed by atoms with Gasteiger partial charge in [-0.3, -0.25) is 9.89 Å². The molecule has 2 heterocycles. The van der Waals surface area contributed by atoms with Gasteiger partial charge in [0, 0.05) is 41.4 Å². The van der Waals surface area contributed by atoms with Crippen molar-refractivity contribution in [2.24, 2.45) is 0 Å². The van der Waals surface area contributed by atoms with Gasteiger partial charge in [0.2, 0.25) is 5.91 Å². The molecule has 0 spiro atoms. The second kappa shape index (κ2) is 10.7. The summed E-state index contributed by atoms with van der Waals surface area (Å²) >= 11 is 1.40. The number of ether oxygens (including phenoxy) is 1. The van der Waals surface area contributed by atoms with Gasteiger partial charge >= 0.3 is 0 Å². The van der Waals surface area contributed by atoms with Crippen molar-refractivity contribution in [1.29, 1.82) is 0 Å². The van der Waals surface area contributed by atoms with Crippen LogP contribution < -0.4 is 15.8 Å². The molecule has 0 aliphatic rings. The van der Waals surface area contributed by atoms with E-state index in [-0.39, 0.29) is 5.91 Å². The van der Waals surface area contributed by atoms with E-state index in [2.05, 4.69) is 25.4 Å². The van der Waals surface area contributed by atoms with E-state index in [1.54, 1.807) is 0 Å². The summed E-state index contributed by atoms with van der Waals surface area (Å²) in [5.41, 5.74) is 10.4. The number of nitrogens with one attached hydrogen (secondary N) is 2. The lowest BCUT2D eigenvalue weighted by Crippen LogP contribution is -2.15. The van der Waals surface area contributed by atoms with Crippen molar-refractivity contribution in [3.8, 4) is 17.0 Å². The van der Waals surface area contributed by atoms with Crippen molar-refractivity contribution < 1.29 is 9.53 Å². The highest BCUT2D eigenvalue weighted by Gasteiger charge is 2.16. The first kappa shape index (κ1) is 24.5. The second-order valence-corrected chi connectivity index (χ2v) is 9.55. The van der Waals surface area contributed by atoms with Crippen LogP contribution in [-0.4, -0.2) is 58.2 Å². The molecule has 4 aromatic rings. The van der Waals surface area contributed by atoms with E-state index in [4.69, 9.17) is 15.5 Å². The highest BCUT2D eigenvalue weighted by molar-refractivity contribution is 7.99. The Hall–Kier alpha value is -3.63. The van der Waals surface area contributed by atoms with E-state index in [9.17, 15) is 4.79 Å². The summed E-state index contributed by atoms with van der Waals surface area (Å²) in [5.74, 6) is 0.974. The van der Waals surface area contributed by atoms with Crippen LogP contribution in [0.5, 0.6) is 5.75 Å². The Bertz CT molecular complexity index is 1340. The van der Waals surface area contributed by atoms with E-state index < -0.39 is 0 Å². The largest absolute Gasteiger partial charge is 0.493 e. The van der Waals surface area contributed by atoms with Crippen LogP contribution in [0.4, 0.5) is 11.5 Å². The van der Waals surface area contributed by atoms with Crippen LogP contribution in [0.2, 0.25) is 0 Å². The van der Waals surface area contributed by atoms with Gasteiger partial charge in [0.05, 0.1) is 23.2 Å². The highest BCUT2D eigenvalue weighted by atomic mass is 32.2. The number of amides is 1. The fraction of sp³-hybridized carbons (Fsp3) is 0.280. The zero-order valence-electron chi connectivity index (χ0n) is 20.3. The van der Waals surface area contributed by atoms with Crippen molar-refractivity contribution in [3.05, 3.63) is 48.2 Å². The van der Waals surface area contributed by atoms with E-state index in [0.717, 1.165) is 45.9 Å². The number of carbonyl (C=O) groups excluding carboxylic acids is 1. The van der Waals surface area contributed by atoms with Gasteiger partial charge in [0.15, 0.2) is 5.16 Å². The Kier molecular flexibility index (Phi) is 7.52. The van der Waals surface area contributed by atoms with E-state index in [0.29, 0.717) is 28.8 Å². The molecule has 0 radical (unpaired) electrons. The van der Waals surface area contributed by atoms with Crippen LogP contribution in [0.3, 0.4) is 0 Å². The Morgan fingerprint density at radius 2 is 1.94 bits per heavy atom. The van der Waals surface area contributed by atoms with Crippen molar-refractivity contribution in [2.75, 3.05) is 38.3 Å². The number of anilines is 2. The minimum Gasteiger partial charge on any atom is -0.493 e. The first-order valence-corrected chi connectivity index (χ1v) is 12.1. The molecule has 2 aromatic carbocycles. The minimum atomic E-state index is -0.112. The maximum atomic E-state index is 11.3. The molecular weight excluding hydrogens is 462 g/mol. The lowest BCUT2D eigenvalue weighted by atomic mass is 10.0. The number of hydrogen-bond donors (Lipinski definition) is 3. The Labute approximate surface area is 208 Å². The molecule has 2 aromatic heterocycles. The molecule has 0 aliphatic carbocycles. The molecule has 35 heavy (non-hydrogen) atoms. The van der Waals surface area contributed by atoms with Crippen LogP contribution in [0.15, 0.2) is 52.5 Å². The van der Waals surface area contributed by atoms with Gasteiger partial charge in [0.25, 0.3) is 0 Å². The molecule has 0 saturated carbocycles. The predicted molar refractivity (Wildman–Crippen MR) is 140 cm³/mol. The van der Waals surface area contributed by atoms with Gasteiger partial charge in [0.1, 0.15) is 11.6 Å². The average molecular weight is 492 g/mol. The first-order chi connectivity index (χ1) is 16.8. The van der Waals surface area contributed by atoms with Gasteiger partial charge in [-0.2, -0.15) is 5.10 Å². The van der Waals surface area contributed by atoms with Crippen LogP contribution in [0.1, 0.15) is 19.0 Å². The van der Waals surface area contributed by atoms with Gasteiger partial charge in [-0.25, -0.2) is 9.97 Å². The number of carbonyl (C=O) groups is 1. The summed E-state index contributed by atoms with van der Waals surface area (Å²) in [5, 5.41) is 11.4. The number of benzene rings is 2. The SMILES string of the molecule is CC(=O)Nc1ccc(Sc2nc(N)c3c(-c4cc(C)[nH]n4)cc(OCCCN(C)C)cc3n2)cc1. The molecule has 0 atom stereocenters. The lowest BCUT2D eigenvalue weighted by molar-refractivity contribution is -0.114. The Balaban J connectivity index is 1.67. The molecule has 4 rings (SSSR count). The number of aromatic amines is 1. The number of hydrogen-bond acceptors (Lipinski definition) is 8. The molecule has 0 bridgehead atoms. The molecular formula is C25H29N7O2S. The van der Waals surface area contributed by atoms with Crippen LogP contribution in [0.25, 0.3) is 22.2 Å². The third kappa shape index (κ3) is 6.28. The molecule has 9 nitrogen and oxygen atoms in total. The predicted octanol–water partition coefficient (Wildman–Crippen LogP) is 4.35. The third-order valence-electron chi connectivity index (χ3n) is 5.16. The molecule has 0 saturated heterocycles. The molecule has 0 aliphatic heterocycles.